The van der Waals surface area contributed by atoms with Crippen LogP contribution < -0.4 is 0 Å². The van der Waals surface area contributed by atoms with Crippen molar-refractivity contribution in [1.29, 1.82) is 0 Å². The standard InChI is InChI=1S/C8H9Cl.C8H8F2/c1-6-3-4-7(2)8(9)5-6;1-5-3-7(9)6(2)8(10)4-5/h3-5H,1-2H3;3-4H,1-2H3. The predicted molar refractivity (Wildman–Crippen MR) is 76.8 cm³/mol. The van der Waals surface area contributed by atoms with E-state index in [9.17, 15) is 8.78 Å². The number of hydrogen-bond donors (Lipinski definition) is 0. The van der Waals surface area contributed by atoms with E-state index in [-0.39, 0.29) is 5.56 Å². The number of benzene rings is 2. The second-order valence-corrected chi connectivity index (χ2v) is 5.01. The SMILES string of the molecule is Cc1cc(F)c(C)c(F)c1.Cc1ccc(C)c(Cl)c1. The Hall–Kier alpha value is -1.41. The van der Waals surface area contributed by atoms with Gasteiger partial charge in [-0.15, -0.1) is 0 Å². The lowest BCUT2D eigenvalue weighted by atomic mass is 10.1. The first-order chi connectivity index (χ1) is 8.81. The van der Waals surface area contributed by atoms with Crippen molar-refractivity contribution in [1.82, 2.24) is 0 Å². The van der Waals surface area contributed by atoms with Crippen LogP contribution in [-0.2, 0) is 0 Å². The van der Waals surface area contributed by atoms with Gasteiger partial charge >= 0.3 is 0 Å². The first-order valence-electron chi connectivity index (χ1n) is 5.96. The van der Waals surface area contributed by atoms with Crippen molar-refractivity contribution in [3.05, 3.63) is 69.2 Å². The Morgan fingerprint density at radius 3 is 1.74 bits per heavy atom. The Kier molecular flexibility index (Phi) is 5.49. The summed E-state index contributed by atoms with van der Waals surface area (Å²) in [5.41, 5.74) is 3.05. The quantitative estimate of drug-likeness (QED) is 0.595. The van der Waals surface area contributed by atoms with Gasteiger partial charge in [-0.2, -0.15) is 0 Å². The lowest BCUT2D eigenvalue weighted by Crippen LogP contribution is -1.88. The van der Waals surface area contributed by atoms with Crippen LogP contribution in [0.2, 0.25) is 5.02 Å². The van der Waals surface area contributed by atoms with Gasteiger partial charge in [0.15, 0.2) is 0 Å². The number of hydrogen-bond acceptors (Lipinski definition) is 0. The summed E-state index contributed by atoms with van der Waals surface area (Å²) in [5.74, 6) is -0.949. The van der Waals surface area contributed by atoms with Crippen LogP contribution in [0.1, 0.15) is 22.3 Å². The minimum absolute atomic E-state index is 0.0885. The molecule has 0 amide bonds. The van der Waals surface area contributed by atoms with Crippen molar-refractivity contribution in [2.24, 2.45) is 0 Å². The molecule has 0 saturated heterocycles. The van der Waals surface area contributed by atoms with Gasteiger partial charge in [-0.3, -0.25) is 0 Å². The summed E-state index contributed by atoms with van der Waals surface area (Å²) in [6.45, 7) is 7.11. The van der Waals surface area contributed by atoms with E-state index >= 15 is 0 Å². The summed E-state index contributed by atoms with van der Waals surface area (Å²) in [7, 11) is 0. The van der Waals surface area contributed by atoms with E-state index in [1.807, 2.05) is 26.0 Å². The fourth-order valence-corrected chi connectivity index (χ4v) is 1.71. The molecule has 0 unspecified atom stereocenters. The fraction of sp³-hybridized carbons (Fsp3) is 0.250. The topological polar surface area (TPSA) is 0 Å². The summed E-state index contributed by atoms with van der Waals surface area (Å²) in [4.78, 5) is 0. The maximum absolute atomic E-state index is 12.6. The Bertz CT molecular complexity index is 554. The number of aryl methyl sites for hydroxylation is 3. The van der Waals surface area contributed by atoms with E-state index in [4.69, 9.17) is 11.6 Å². The average Bonchev–Trinajstić information content (AvgIpc) is 2.32. The normalized spacial score (nSPS) is 9.84. The second-order valence-electron chi connectivity index (χ2n) is 4.61. The lowest BCUT2D eigenvalue weighted by molar-refractivity contribution is 0.566. The molecule has 2 rings (SSSR count). The van der Waals surface area contributed by atoms with Crippen molar-refractivity contribution in [3.63, 3.8) is 0 Å². The highest BCUT2D eigenvalue weighted by Crippen LogP contribution is 2.15. The summed E-state index contributed by atoms with van der Waals surface area (Å²) in [5, 5.41) is 0.856. The van der Waals surface area contributed by atoms with Crippen LogP contribution in [-0.4, -0.2) is 0 Å². The zero-order valence-electron chi connectivity index (χ0n) is 11.5. The van der Waals surface area contributed by atoms with Crippen LogP contribution in [0.5, 0.6) is 0 Å². The Morgan fingerprint density at radius 1 is 0.789 bits per heavy atom. The minimum atomic E-state index is -0.475. The van der Waals surface area contributed by atoms with Gasteiger partial charge in [-0.1, -0.05) is 23.7 Å². The highest BCUT2D eigenvalue weighted by atomic mass is 35.5. The molecule has 3 heteroatoms. The van der Waals surface area contributed by atoms with Gasteiger partial charge in [0.1, 0.15) is 11.6 Å². The minimum Gasteiger partial charge on any atom is -0.207 e. The molecular formula is C16H17ClF2. The molecule has 0 spiro atoms. The van der Waals surface area contributed by atoms with Gasteiger partial charge < -0.3 is 0 Å². The van der Waals surface area contributed by atoms with Crippen LogP contribution in [0.25, 0.3) is 0 Å². The molecule has 2 aromatic carbocycles. The molecule has 2 aromatic rings. The monoisotopic (exact) mass is 282 g/mol. The first-order valence-corrected chi connectivity index (χ1v) is 6.34. The molecule has 0 heterocycles. The smallest absolute Gasteiger partial charge is 0.129 e. The maximum atomic E-state index is 12.6. The van der Waals surface area contributed by atoms with E-state index in [1.54, 1.807) is 6.92 Å². The second kappa shape index (κ2) is 6.67. The van der Waals surface area contributed by atoms with Crippen LogP contribution >= 0.6 is 11.6 Å². The molecule has 102 valence electrons. The fourth-order valence-electron chi connectivity index (χ4n) is 1.47. The van der Waals surface area contributed by atoms with Gasteiger partial charge in [-0.25, -0.2) is 8.78 Å². The summed E-state index contributed by atoms with van der Waals surface area (Å²) in [6.07, 6.45) is 0. The van der Waals surface area contributed by atoms with Crippen molar-refractivity contribution in [2.75, 3.05) is 0 Å². The molecule has 0 bridgehead atoms. The Morgan fingerprint density at radius 2 is 1.32 bits per heavy atom. The number of rotatable bonds is 0. The van der Waals surface area contributed by atoms with Gasteiger partial charge in [0, 0.05) is 10.6 Å². The molecule has 0 saturated carbocycles. The molecule has 0 aromatic heterocycles. The van der Waals surface area contributed by atoms with Crippen LogP contribution in [0, 0.1) is 39.3 Å². The van der Waals surface area contributed by atoms with Crippen LogP contribution in [0.4, 0.5) is 8.78 Å². The van der Waals surface area contributed by atoms with Crippen molar-refractivity contribution in [3.8, 4) is 0 Å². The molecule has 0 aliphatic heterocycles. The largest absolute Gasteiger partial charge is 0.207 e. The zero-order valence-corrected chi connectivity index (χ0v) is 12.3. The van der Waals surface area contributed by atoms with Gasteiger partial charge in [-0.05, 0) is 62.6 Å². The predicted octanol–water partition coefficient (Wildman–Crippen LogP) is 5.54. The third-order valence-electron chi connectivity index (χ3n) is 2.75. The molecule has 0 N–H and O–H groups in total. The van der Waals surface area contributed by atoms with Crippen LogP contribution in [0.3, 0.4) is 0 Å². The zero-order chi connectivity index (χ0) is 14.6. The van der Waals surface area contributed by atoms with Gasteiger partial charge in [0.25, 0.3) is 0 Å². The molecule has 19 heavy (non-hydrogen) atoms. The maximum Gasteiger partial charge on any atom is 0.129 e. The van der Waals surface area contributed by atoms with Crippen molar-refractivity contribution >= 4 is 11.6 Å². The van der Waals surface area contributed by atoms with E-state index < -0.39 is 11.6 Å². The first kappa shape index (κ1) is 15.6. The van der Waals surface area contributed by atoms with Gasteiger partial charge in [0.05, 0.1) is 0 Å². The van der Waals surface area contributed by atoms with E-state index in [0.717, 1.165) is 10.6 Å². The third-order valence-corrected chi connectivity index (χ3v) is 3.16. The van der Waals surface area contributed by atoms with Crippen LogP contribution in [0.15, 0.2) is 30.3 Å². The Balaban J connectivity index is 0.000000191. The van der Waals surface area contributed by atoms with Gasteiger partial charge in [0.2, 0.25) is 0 Å². The van der Waals surface area contributed by atoms with Crippen molar-refractivity contribution in [2.45, 2.75) is 27.7 Å². The molecule has 0 nitrogen and oxygen atoms in total. The lowest BCUT2D eigenvalue weighted by Gasteiger charge is -1.98. The van der Waals surface area contributed by atoms with E-state index in [0.29, 0.717) is 5.56 Å². The average molecular weight is 283 g/mol. The summed E-state index contributed by atoms with van der Waals surface area (Å²) < 4.78 is 25.2. The molecule has 0 aliphatic rings. The number of halogens is 3. The molecular weight excluding hydrogens is 266 g/mol. The summed E-state index contributed by atoms with van der Waals surface area (Å²) >= 11 is 5.81. The molecule has 0 radical (unpaired) electrons. The summed E-state index contributed by atoms with van der Waals surface area (Å²) in [6, 6.07) is 8.69. The molecule has 0 fully saturated rings. The highest BCUT2D eigenvalue weighted by Gasteiger charge is 2.02. The Labute approximate surface area is 118 Å². The van der Waals surface area contributed by atoms with E-state index in [1.165, 1.54) is 24.6 Å². The third kappa shape index (κ3) is 4.64. The molecule has 0 aliphatic carbocycles. The highest BCUT2D eigenvalue weighted by molar-refractivity contribution is 6.31. The van der Waals surface area contributed by atoms with E-state index in [2.05, 4.69) is 6.07 Å². The van der Waals surface area contributed by atoms with Crippen molar-refractivity contribution < 1.29 is 8.78 Å². The molecule has 0 atom stereocenters.